The van der Waals surface area contributed by atoms with Crippen LogP contribution in [0, 0.1) is 19.8 Å². The van der Waals surface area contributed by atoms with E-state index in [0.29, 0.717) is 12.3 Å². The van der Waals surface area contributed by atoms with Crippen molar-refractivity contribution >= 4 is 0 Å². The van der Waals surface area contributed by atoms with Crippen molar-refractivity contribution < 1.29 is 14.6 Å². The smallest absolute Gasteiger partial charge is 0.128 e. The third-order valence-electron chi connectivity index (χ3n) is 3.81. The van der Waals surface area contributed by atoms with Crippen molar-refractivity contribution in [3.8, 4) is 5.75 Å². The molecule has 0 spiro atoms. The number of rotatable bonds is 5. The second kappa shape index (κ2) is 6.35. The summed E-state index contributed by atoms with van der Waals surface area (Å²) in [5.74, 6) is 1.36. The predicted octanol–water partition coefficient (Wildman–Crippen LogP) is 2.04. The first-order chi connectivity index (χ1) is 9.11. The first-order valence-corrected chi connectivity index (χ1v) is 6.86. The molecule has 0 aromatic carbocycles. The van der Waals surface area contributed by atoms with E-state index in [1.54, 1.807) is 7.11 Å². The van der Waals surface area contributed by atoms with Gasteiger partial charge in [0.15, 0.2) is 0 Å². The maximum atomic E-state index is 10.2. The van der Waals surface area contributed by atoms with Crippen molar-refractivity contribution in [1.29, 1.82) is 0 Å². The molecule has 2 heterocycles. The van der Waals surface area contributed by atoms with Gasteiger partial charge < -0.3 is 14.6 Å². The van der Waals surface area contributed by atoms with Crippen LogP contribution in [0.5, 0.6) is 5.75 Å². The lowest BCUT2D eigenvalue weighted by atomic mass is 9.96. The molecule has 1 aliphatic heterocycles. The topological polar surface area (TPSA) is 51.6 Å². The van der Waals surface area contributed by atoms with Crippen molar-refractivity contribution in [1.82, 2.24) is 4.98 Å². The molecule has 2 rings (SSSR count). The number of hydrogen-bond donors (Lipinski definition) is 1. The Hall–Kier alpha value is -1.13. The second-order valence-corrected chi connectivity index (χ2v) is 5.37. The fourth-order valence-electron chi connectivity index (χ4n) is 2.74. The molecule has 1 aliphatic rings. The van der Waals surface area contributed by atoms with Crippen LogP contribution in [0.1, 0.15) is 29.7 Å². The second-order valence-electron chi connectivity index (χ2n) is 5.37. The van der Waals surface area contributed by atoms with Gasteiger partial charge in [-0.1, -0.05) is 0 Å². The van der Waals surface area contributed by atoms with Gasteiger partial charge >= 0.3 is 0 Å². The fourth-order valence-corrected chi connectivity index (χ4v) is 2.74. The van der Waals surface area contributed by atoms with Crippen molar-refractivity contribution in [2.45, 2.75) is 39.2 Å². The first kappa shape index (κ1) is 14.3. The van der Waals surface area contributed by atoms with Gasteiger partial charge in [0.1, 0.15) is 5.75 Å². The molecule has 0 radical (unpaired) electrons. The zero-order valence-corrected chi connectivity index (χ0v) is 12.0. The maximum absolute atomic E-state index is 10.2. The van der Waals surface area contributed by atoms with Crippen LogP contribution in [0.15, 0.2) is 6.20 Å². The van der Waals surface area contributed by atoms with Gasteiger partial charge in [-0.3, -0.25) is 4.98 Å². The number of aromatic nitrogens is 1. The Kier molecular flexibility index (Phi) is 4.77. The summed E-state index contributed by atoms with van der Waals surface area (Å²) < 4.78 is 10.7. The Morgan fingerprint density at radius 1 is 1.53 bits per heavy atom. The van der Waals surface area contributed by atoms with Gasteiger partial charge in [-0.15, -0.1) is 0 Å². The molecule has 0 bridgehead atoms. The fraction of sp³-hybridized carbons (Fsp3) is 0.667. The average molecular weight is 265 g/mol. The van der Waals surface area contributed by atoms with E-state index in [9.17, 15) is 5.11 Å². The standard InChI is InChI=1S/C15H23NO3/c1-10-8-16-14(11(2)15(10)18-3)7-13(17)6-12-4-5-19-9-12/h8,12-13,17H,4-7,9H2,1-3H3. The third kappa shape index (κ3) is 3.45. The highest BCUT2D eigenvalue weighted by molar-refractivity contribution is 5.41. The van der Waals surface area contributed by atoms with Crippen molar-refractivity contribution in [2.75, 3.05) is 20.3 Å². The molecule has 0 aliphatic carbocycles. The van der Waals surface area contributed by atoms with E-state index < -0.39 is 0 Å². The summed E-state index contributed by atoms with van der Waals surface area (Å²) in [4.78, 5) is 4.43. The molecule has 1 aromatic heterocycles. The lowest BCUT2D eigenvalue weighted by molar-refractivity contribution is 0.128. The van der Waals surface area contributed by atoms with E-state index in [4.69, 9.17) is 9.47 Å². The Bertz CT molecular complexity index is 428. The molecular formula is C15H23NO3. The Balaban J connectivity index is 2.01. The Labute approximate surface area is 114 Å². The van der Waals surface area contributed by atoms with Gasteiger partial charge in [0.2, 0.25) is 0 Å². The number of hydrogen-bond acceptors (Lipinski definition) is 4. The van der Waals surface area contributed by atoms with Crippen LogP contribution in [-0.2, 0) is 11.2 Å². The Morgan fingerprint density at radius 3 is 2.95 bits per heavy atom. The summed E-state index contributed by atoms with van der Waals surface area (Å²) in [6.07, 6.45) is 3.88. The number of aliphatic hydroxyl groups excluding tert-OH is 1. The highest BCUT2D eigenvalue weighted by atomic mass is 16.5. The molecule has 2 atom stereocenters. The van der Waals surface area contributed by atoms with Gasteiger partial charge in [0.05, 0.1) is 13.2 Å². The minimum Gasteiger partial charge on any atom is -0.496 e. The number of ether oxygens (including phenoxy) is 2. The van der Waals surface area contributed by atoms with Gasteiger partial charge in [0, 0.05) is 42.7 Å². The van der Waals surface area contributed by atoms with Crippen LogP contribution in [0.25, 0.3) is 0 Å². The van der Waals surface area contributed by atoms with Crippen molar-refractivity contribution in [3.05, 3.63) is 23.0 Å². The molecular weight excluding hydrogens is 242 g/mol. The molecule has 1 aromatic rings. The number of methoxy groups -OCH3 is 1. The molecule has 106 valence electrons. The molecule has 2 unspecified atom stereocenters. The molecule has 1 fully saturated rings. The largest absolute Gasteiger partial charge is 0.496 e. The van der Waals surface area contributed by atoms with Crippen LogP contribution in [0.3, 0.4) is 0 Å². The predicted molar refractivity (Wildman–Crippen MR) is 73.5 cm³/mol. The third-order valence-corrected chi connectivity index (χ3v) is 3.81. The van der Waals surface area contributed by atoms with Crippen molar-refractivity contribution in [2.24, 2.45) is 5.92 Å². The summed E-state index contributed by atoms with van der Waals surface area (Å²) in [6.45, 7) is 5.59. The summed E-state index contributed by atoms with van der Waals surface area (Å²) >= 11 is 0. The van der Waals surface area contributed by atoms with Crippen LogP contribution in [-0.4, -0.2) is 36.5 Å². The number of pyridine rings is 1. The average Bonchev–Trinajstić information content (AvgIpc) is 2.86. The van der Waals surface area contributed by atoms with E-state index in [2.05, 4.69) is 4.98 Å². The molecule has 1 N–H and O–H groups in total. The SMILES string of the molecule is COc1c(C)cnc(CC(O)CC2CCOC2)c1C. The normalized spacial score (nSPS) is 20.5. The van der Waals surface area contributed by atoms with Gasteiger partial charge in [-0.2, -0.15) is 0 Å². The highest BCUT2D eigenvalue weighted by Crippen LogP contribution is 2.26. The molecule has 19 heavy (non-hydrogen) atoms. The van der Waals surface area contributed by atoms with Crippen LogP contribution >= 0.6 is 0 Å². The highest BCUT2D eigenvalue weighted by Gasteiger charge is 2.21. The maximum Gasteiger partial charge on any atom is 0.128 e. The van der Waals surface area contributed by atoms with E-state index >= 15 is 0 Å². The zero-order valence-electron chi connectivity index (χ0n) is 12.0. The van der Waals surface area contributed by atoms with Gasteiger partial charge in [-0.05, 0) is 32.6 Å². The van der Waals surface area contributed by atoms with E-state index in [0.717, 1.165) is 48.6 Å². The molecule has 0 amide bonds. The monoisotopic (exact) mass is 265 g/mol. The summed E-state index contributed by atoms with van der Waals surface area (Å²) in [6, 6.07) is 0. The molecule has 1 saturated heterocycles. The first-order valence-electron chi connectivity index (χ1n) is 6.86. The molecule has 4 heteroatoms. The lowest BCUT2D eigenvalue weighted by Gasteiger charge is -2.17. The van der Waals surface area contributed by atoms with Crippen LogP contribution < -0.4 is 4.74 Å². The minimum absolute atomic E-state index is 0.356. The number of aliphatic hydroxyl groups is 1. The number of aryl methyl sites for hydroxylation is 1. The van der Waals surface area contributed by atoms with Gasteiger partial charge in [0.25, 0.3) is 0 Å². The van der Waals surface area contributed by atoms with Gasteiger partial charge in [-0.25, -0.2) is 0 Å². The van der Waals surface area contributed by atoms with E-state index in [-0.39, 0.29) is 6.10 Å². The van der Waals surface area contributed by atoms with Crippen LogP contribution in [0.2, 0.25) is 0 Å². The molecule has 4 nitrogen and oxygen atoms in total. The van der Waals surface area contributed by atoms with Crippen molar-refractivity contribution in [3.63, 3.8) is 0 Å². The quantitative estimate of drug-likeness (QED) is 0.885. The van der Waals surface area contributed by atoms with E-state index in [1.807, 2.05) is 20.0 Å². The van der Waals surface area contributed by atoms with Crippen LogP contribution in [0.4, 0.5) is 0 Å². The number of nitrogens with zero attached hydrogens (tertiary/aromatic N) is 1. The Morgan fingerprint density at radius 2 is 2.32 bits per heavy atom. The van der Waals surface area contributed by atoms with E-state index in [1.165, 1.54) is 0 Å². The summed E-state index contributed by atoms with van der Waals surface area (Å²) in [5.41, 5.74) is 2.99. The minimum atomic E-state index is -0.356. The summed E-state index contributed by atoms with van der Waals surface area (Å²) in [5, 5.41) is 10.2. The molecule has 0 saturated carbocycles. The zero-order chi connectivity index (χ0) is 13.8. The lowest BCUT2D eigenvalue weighted by Crippen LogP contribution is -2.18. The summed E-state index contributed by atoms with van der Waals surface area (Å²) in [7, 11) is 1.67.